The van der Waals surface area contributed by atoms with Gasteiger partial charge < -0.3 is 5.11 Å². The molecule has 0 spiro atoms. The molecule has 7 aromatic rings. The van der Waals surface area contributed by atoms with Crippen LogP contribution in [0.1, 0.15) is 62.0 Å². The summed E-state index contributed by atoms with van der Waals surface area (Å²) in [7, 11) is 0. The molecule has 1 aliphatic rings. The van der Waals surface area contributed by atoms with Gasteiger partial charge in [0.1, 0.15) is 5.60 Å². The summed E-state index contributed by atoms with van der Waals surface area (Å²) in [5.41, 5.74) is 2.85. The van der Waals surface area contributed by atoms with Crippen molar-refractivity contribution in [2.45, 2.75) is 43.1 Å². The molecule has 5 atom stereocenters. The number of aliphatic hydroxyl groups is 1. The highest BCUT2D eigenvalue weighted by Crippen LogP contribution is 2.64. The number of fused-ring (bicyclic) bond motifs is 2. The van der Waals surface area contributed by atoms with Crippen LogP contribution >= 0.6 is 11.6 Å². The van der Waals surface area contributed by atoms with Crippen molar-refractivity contribution in [3.63, 3.8) is 0 Å². The Bertz CT molecular complexity index is 2480. The fraction of sp³-hybridized carbons (Fsp3) is 0.167. The number of halogens is 1. The Kier molecular flexibility index (Phi) is 8.54. The second kappa shape index (κ2) is 13.2. The number of nitrogens with zero attached hydrogens (tertiary/aromatic N) is 1. The van der Waals surface area contributed by atoms with Crippen LogP contribution in [-0.2, 0) is 11.0 Å². The van der Waals surface area contributed by atoms with Gasteiger partial charge in [0.25, 0.3) is 0 Å². The molecule has 0 aliphatic heterocycles. The highest BCUT2D eigenvalue weighted by molar-refractivity contribution is 6.30. The van der Waals surface area contributed by atoms with Gasteiger partial charge in [-0.3, -0.25) is 4.79 Å². The molecule has 1 fully saturated rings. The van der Waals surface area contributed by atoms with E-state index in [2.05, 4.69) is 30.3 Å². The van der Waals surface area contributed by atoms with Crippen LogP contribution in [0.3, 0.4) is 0 Å². The average molecular weight is 696 g/mol. The van der Waals surface area contributed by atoms with E-state index in [0.717, 1.165) is 49.4 Å². The zero-order chi connectivity index (χ0) is 36.0. The number of ketones is 1. The number of hydrogen-bond donors (Lipinski definition) is 1. The van der Waals surface area contributed by atoms with Crippen LogP contribution in [0.15, 0.2) is 158 Å². The molecule has 0 aromatic heterocycles. The lowest BCUT2D eigenvalue weighted by Gasteiger charge is -2.56. The van der Waals surface area contributed by atoms with Crippen molar-refractivity contribution >= 4 is 38.9 Å². The number of rotatable bonds is 6. The fourth-order valence-electron chi connectivity index (χ4n) is 8.73. The van der Waals surface area contributed by atoms with E-state index in [1.165, 1.54) is 0 Å². The number of hydrogen-bond acceptors (Lipinski definition) is 3. The normalized spacial score (nSPS) is 22.9. The third kappa shape index (κ3) is 5.60. The Morgan fingerprint density at radius 2 is 1.17 bits per heavy atom. The molecule has 52 heavy (non-hydrogen) atoms. The van der Waals surface area contributed by atoms with Gasteiger partial charge in [0.2, 0.25) is 0 Å². The first-order valence-electron chi connectivity index (χ1n) is 17.8. The Balaban J connectivity index is 1.48. The van der Waals surface area contributed by atoms with Crippen LogP contribution in [0.5, 0.6) is 0 Å². The Hall–Kier alpha value is -5.53. The lowest BCUT2D eigenvalue weighted by molar-refractivity contribution is -0.0737. The maximum Gasteiger partial charge on any atom is 0.169 e. The second-order valence-corrected chi connectivity index (χ2v) is 14.9. The van der Waals surface area contributed by atoms with E-state index >= 15 is 4.79 Å². The molecular formula is C48H38ClNO2. The Morgan fingerprint density at radius 3 is 1.77 bits per heavy atom. The third-order valence-corrected chi connectivity index (χ3v) is 11.6. The minimum absolute atomic E-state index is 0.136. The quantitative estimate of drug-likeness (QED) is 0.176. The maximum atomic E-state index is 15.6. The van der Waals surface area contributed by atoms with E-state index in [4.69, 9.17) is 11.6 Å². The Labute approximate surface area is 309 Å². The molecule has 1 aliphatic carbocycles. The van der Waals surface area contributed by atoms with E-state index in [1.807, 2.05) is 147 Å². The molecule has 0 amide bonds. The number of aryl methyl sites for hydroxylation is 2. The molecule has 1 saturated carbocycles. The molecule has 0 unspecified atom stereocenters. The smallest absolute Gasteiger partial charge is 0.169 e. The van der Waals surface area contributed by atoms with Gasteiger partial charge in [-0.25, -0.2) is 0 Å². The van der Waals surface area contributed by atoms with Crippen molar-refractivity contribution in [1.29, 1.82) is 5.26 Å². The molecule has 4 heteroatoms. The predicted octanol–water partition coefficient (Wildman–Crippen LogP) is 11.4. The van der Waals surface area contributed by atoms with Crippen LogP contribution in [-0.4, -0.2) is 10.9 Å². The average Bonchev–Trinajstić information content (AvgIpc) is 3.18. The van der Waals surface area contributed by atoms with Crippen LogP contribution in [0.2, 0.25) is 5.02 Å². The lowest BCUT2D eigenvalue weighted by Crippen LogP contribution is -2.58. The van der Waals surface area contributed by atoms with E-state index in [-0.39, 0.29) is 12.2 Å². The second-order valence-electron chi connectivity index (χ2n) is 14.4. The lowest BCUT2D eigenvalue weighted by atomic mass is 9.46. The SMILES string of the molecule is Cc1ccc([C@H]2C[C@@](O)(c3ccc4ccccc4c3)[C@H](C(=O)c3ccc4ccccc4c3)[C@@H](c3ccc(C)cc3)[C@]2(C#N)c2ccc(Cl)cc2)cc1. The molecule has 8 rings (SSSR count). The summed E-state index contributed by atoms with van der Waals surface area (Å²) in [4.78, 5) is 15.6. The number of nitriles is 1. The highest BCUT2D eigenvalue weighted by atomic mass is 35.5. The topological polar surface area (TPSA) is 61.1 Å². The van der Waals surface area contributed by atoms with E-state index in [1.54, 1.807) is 0 Å². The van der Waals surface area contributed by atoms with E-state index in [9.17, 15) is 10.4 Å². The number of Topliss-reactive ketones (excluding diaryl/α,β-unsaturated/α-hetero) is 1. The third-order valence-electron chi connectivity index (χ3n) is 11.4. The minimum atomic E-state index is -1.68. The highest BCUT2D eigenvalue weighted by Gasteiger charge is 2.64. The number of carbonyl (C=O) groups is 1. The minimum Gasteiger partial charge on any atom is -0.384 e. The summed E-state index contributed by atoms with van der Waals surface area (Å²) < 4.78 is 0. The number of carbonyl (C=O) groups excluding carboxylic acids is 1. The molecule has 0 saturated heterocycles. The van der Waals surface area contributed by atoms with Crippen molar-refractivity contribution in [3.05, 3.63) is 202 Å². The molecule has 254 valence electrons. The summed E-state index contributed by atoms with van der Waals surface area (Å²) in [6.07, 6.45) is 0.136. The van der Waals surface area contributed by atoms with Crippen molar-refractivity contribution in [1.82, 2.24) is 0 Å². The largest absolute Gasteiger partial charge is 0.384 e. The Morgan fingerprint density at radius 1 is 0.654 bits per heavy atom. The van der Waals surface area contributed by atoms with Gasteiger partial charge in [-0.2, -0.15) is 5.26 Å². The summed E-state index contributed by atoms with van der Waals surface area (Å²) >= 11 is 6.48. The molecular weight excluding hydrogens is 658 g/mol. The van der Waals surface area contributed by atoms with Gasteiger partial charge >= 0.3 is 0 Å². The standard InChI is InChI=1S/C48H38ClNO2/c1-31-11-15-35(16-12-31)43-29-48(52,41-22-21-34-8-4-6-10-38(34)28-41)45(46(51)39-20-19-33-7-3-5-9-37(33)27-39)44(36-17-13-32(2)14-18-36)47(43,30-50)40-23-25-42(49)26-24-40/h3-28,43-45,52H,29H2,1-2H3/t43-,44-,45+,47-,48-/m1/s1. The monoisotopic (exact) mass is 695 g/mol. The first kappa shape index (κ1) is 33.6. The van der Waals surface area contributed by atoms with Crippen LogP contribution in [0, 0.1) is 31.1 Å². The molecule has 7 aromatic carbocycles. The molecule has 0 heterocycles. The van der Waals surface area contributed by atoms with Gasteiger partial charge in [-0.1, -0.05) is 156 Å². The summed E-state index contributed by atoms with van der Waals surface area (Å²) in [5, 5.41) is 30.1. The maximum absolute atomic E-state index is 15.6. The molecule has 1 N–H and O–H groups in total. The van der Waals surface area contributed by atoms with Crippen molar-refractivity contribution < 1.29 is 9.90 Å². The number of benzene rings is 7. The molecule has 3 nitrogen and oxygen atoms in total. The van der Waals surface area contributed by atoms with Crippen LogP contribution < -0.4 is 0 Å². The van der Waals surface area contributed by atoms with Gasteiger partial charge in [0.15, 0.2) is 5.78 Å². The van der Waals surface area contributed by atoms with Gasteiger partial charge in [-0.15, -0.1) is 0 Å². The van der Waals surface area contributed by atoms with Crippen molar-refractivity contribution in [3.8, 4) is 6.07 Å². The zero-order valence-corrected chi connectivity index (χ0v) is 29.9. The van der Waals surface area contributed by atoms with Crippen molar-refractivity contribution in [2.24, 2.45) is 5.92 Å². The van der Waals surface area contributed by atoms with Crippen LogP contribution in [0.25, 0.3) is 21.5 Å². The van der Waals surface area contributed by atoms with Crippen LogP contribution in [0.4, 0.5) is 0 Å². The molecule has 0 radical (unpaired) electrons. The van der Waals surface area contributed by atoms with Crippen molar-refractivity contribution in [2.75, 3.05) is 0 Å². The summed E-state index contributed by atoms with van der Waals surface area (Å²) in [6.45, 7) is 4.07. The van der Waals surface area contributed by atoms with E-state index in [0.29, 0.717) is 16.1 Å². The fourth-order valence-corrected chi connectivity index (χ4v) is 8.85. The van der Waals surface area contributed by atoms with Gasteiger partial charge in [0.05, 0.1) is 17.4 Å². The zero-order valence-electron chi connectivity index (χ0n) is 29.1. The first-order valence-corrected chi connectivity index (χ1v) is 18.1. The first-order chi connectivity index (χ1) is 25.2. The summed E-state index contributed by atoms with van der Waals surface area (Å²) in [6, 6.07) is 54.5. The molecule has 0 bridgehead atoms. The van der Waals surface area contributed by atoms with Gasteiger partial charge in [-0.05, 0) is 88.3 Å². The van der Waals surface area contributed by atoms with E-state index < -0.39 is 28.8 Å². The predicted molar refractivity (Wildman–Crippen MR) is 211 cm³/mol. The van der Waals surface area contributed by atoms with Gasteiger partial charge in [0, 0.05) is 22.4 Å². The summed E-state index contributed by atoms with van der Waals surface area (Å²) in [5.74, 6) is -2.53.